The molecule has 25 heavy (non-hydrogen) atoms. The van der Waals surface area contributed by atoms with E-state index in [9.17, 15) is 9.59 Å². The molecule has 0 aromatic heterocycles. The molecule has 0 fully saturated rings. The van der Waals surface area contributed by atoms with Gasteiger partial charge in [0.1, 0.15) is 0 Å². The lowest BCUT2D eigenvalue weighted by Gasteiger charge is -2.11. The van der Waals surface area contributed by atoms with E-state index in [1.165, 1.54) is 12.1 Å². The standard InChI is InChI=1S/C17H13Cl2NO5/c1-9-2-4-11(18)16(15(9)19)20-14(21)7-23-17(22)10-3-5-12-13(6-10)25-8-24-12/h2-6H,7-8H2,1H3,(H,20,21). The fraction of sp³-hybridized carbons (Fsp3) is 0.176. The number of anilines is 1. The van der Waals surface area contributed by atoms with Crippen molar-refractivity contribution in [2.24, 2.45) is 0 Å². The quantitative estimate of drug-likeness (QED) is 0.814. The van der Waals surface area contributed by atoms with Crippen molar-refractivity contribution in [1.82, 2.24) is 0 Å². The number of aryl methyl sites for hydroxylation is 1. The predicted molar refractivity (Wildman–Crippen MR) is 92.7 cm³/mol. The molecule has 0 saturated carbocycles. The number of fused-ring (bicyclic) bond motifs is 1. The minimum absolute atomic E-state index is 0.105. The maximum absolute atomic E-state index is 12.0. The molecule has 8 heteroatoms. The SMILES string of the molecule is Cc1ccc(Cl)c(NC(=O)COC(=O)c2ccc3c(c2)OCO3)c1Cl. The fourth-order valence-corrected chi connectivity index (χ4v) is 2.65. The average molecular weight is 382 g/mol. The maximum atomic E-state index is 12.0. The van der Waals surface area contributed by atoms with Crippen LogP contribution in [0.3, 0.4) is 0 Å². The number of hydrogen-bond donors (Lipinski definition) is 1. The largest absolute Gasteiger partial charge is 0.454 e. The van der Waals surface area contributed by atoms with Gasteiger partial charge in [-0.1, -0.05) is 29.3 Å². The van der Waals surface area contributed by atoms with E-state index in [0.29, 0.717) is 21.5 Å². The third-order valence-electron chi connectivity index (χ3n) is 3.49. The van der Waals surface area contributed by atoms with Gasteiger partial charge in [0.25, 0.3) is 5.91 Å². The molecule has 1 amide bonds. The number of ether oxygens (including phenoxy) is 3. The first-order chi connectivity index (χ1) is 12.0. The van der Waals surface area contributed by atoms with E-state index in [4.69, 9.17) is 37.4 Å². The highest BCUT2D eigenvalue weighted by molar-refractivity contribution is 6.40. The van der Waals surface area contributed by atoms with E-state index < -0.39 is 18.5 Å². The van der Waals surface area contributed by atoms with Gasteiger partial charge in [-0.25, -0.2) is 4.79 Å². The number of hydrogen-bond acceptors (Lipinski definition) is 5. The summed E-state index contributed by atoms with van der Waals surface area (Å²) in [5.41, 5.74) is 1.30. The first-order valence-corrected chi connectivity index (χ1v) is 8.02. The van der Waals surface area contributed by atoms with Gasteiger partial charge in [-0.2, -0.15) is 0 Å². The molecule has 3 rings (SSSR count). The second kappa shape index (κ2) is 7.21. The van der Waals surface area contributed by atoms with Crippen molar-refractivity contribution in [3.8, 4) is 11.5 Å². The first kappa shape index (κ1) is 17.4. The van der Waals surface area contributed by atoms with E-state index in [1.807, 2.05) is 0 Å². The molecule has 0 atom stereocenters. The zero-order valence-electron chi connectivity index (χ0n) is 13.1. The number of esters is 1. The van der Waals surface area contributed by atoms with Crippen LogP contribution < -0.4 is 14.8 Å². The van der Waals surface area contributed by atoms with Crippen molar-refractivity contribution in [3.05, 3.63) is 51.5 Å². The van der Waals surface area contributed by atoms with Crippen LogP contribution in [-0.4, -0.2) is 25.3 Å². The van der Waals surface area contributed by atoms with E-state index in [1.54, 1.807) is 25.1 Å². The van der Waals surface area contributed by atoms with Gasteiger partial charge < -0.3 is 19.5 Å². The average Bonchev–Trinajstić information content (AvgIpc) is 3.07. The summed E-state index contributed by atoms with van der Waals surface area (Å²) >= 11 is 12.1. The minimum atomic E-state index is -0.658. The normalized spacial score (nSPS) is 12.0. The highest BCUT2D eigenvalue weighted by Crippen LogP contribution is 2.33. The Labute approximate surface area is 153 Å². The number of carbonyl (C=O) groups is 2. The van der Waals surface area contributed by atoms with Crippen molar-refractivity contribution < 1.29 is 23.8 Å². The molecule has 6 nitrogen and oxygen atoms in total. The summed E-state index contributed by atoms with van der Waals surface area (Å²) < 4.78 is 15.4. The number of halogens is 2. The van der Waals surface area contributed by atoms with Crippen molar-refractivity contribution in [1.29, 1.82) is 0 Å². The van der Waals surface area contributed by atoms with Crippen LogP contribution in [0.1, 0.15) is 15.9 Å². The Morgan fingerprint density at radius 2 is 1.92 bits per heavy atom. The topological polar surface area (TPSA) is 73.9 Å². The van der Waals surface area contributed by atoms with Gasteiger partial charge in [-0.05, 0) is 36.8 Å². The van der Waals surface area contributed by atoms with Crippen LogP contribution in [0.4, 0.5) is 5.69 Å². The maximum Gasteiger partial charge on any atom is 0.338 e. The van der Waals surface area contributed by atoms with Crippen molar-refractivity contribution in [3.63, 3.8) is 0 Å². The lowest BCUT2D eigenvalue weighted by molar-refractivity contribution is -0.119. The molecule has 1 aliphatic heterocycles. The first-order valence-electron chi connectivity index (χ1n) is 7.27. The zero-order valence-corrected chi connectivity index (χ0v) is 14.6. The second-order valence-corrected chi connectivity index (χ2v) is 6.03. The van der Waals surface area contributed by atoms with Gasteiger partial charge in [-0.15, -0.1) is 0 Å². The van der Waals surface area contributed by atoms with Crippen LogP contribution in [0.25, 0.3) is 0 Å². The van der Waals surface area contributed by atoms with E-state index in [2.05, 4.69) is 5.32 Å². The summed E-state index contributed by atoms with van der Waals surface area (Å²) in [6, 6.07) is 7.99. The molecule has 0 unspecified atom stereocenters. The molecule has 130 valence electrons. The van der Waals surface area contributed by atoms with Crippen molar-refractivity contribution in [2.45, 2.75) is 6.92 Å². The Morgan fingerprint density at radius 3 is 2.72 bits per heavy atom. The lowest BCUT2D eigenvalue weighted by atomic mass is 10.2. The van der Waals surface area contributed by atoms with Gasteiger partial charge in [-0.3, -0.25) is 4.79 Å². The highest BCUT2D eigenvalue weighted by Gasteiger charge is 2.18. The molecule has 1 aliphatic rings. The smallest absolute Gasteiger partial charge is 0.338 e. The van der Waals surface area contributed by atoms with Crippen LogP contribution >= 0.6 is 23.2 Å². The molecule has 0 spiro atoms. The number of carbonyl (C=O) groups excluding carboxylic acids is 2. The summed E-state index contributed by atoms with van der Waals surface area (Å²) in [7, 11) is 0. The summed E-state index contributed by atoms with van der Waals surface area (Å²) in [4.78, 5) is 24.0. The second-order valence-electron chi connectivity index (χ2n) is 5.25. The van der Waals surface area contributed by atoms with Gasteiger partial charge in [0.2, 0.25) is 6.79 Å². The Hall–Kier alpha value is -2.44. The van der Waals surface area contributed by atoms with Gasteiger partial charge in [0, 0.05) is 0 Å². The van der Waals surface area contributed by atoms with Crippen LogP contribution in [-0.2, 0) is 9.53 Å². The molecule has 1 N–H and O–H groups in total. The van der Waals surface area contributed by atoms with Gasteiger partial charge in [0.05, 0.1) is 21.3 Å². The molecule has 0 saturated heterocycles. The number of amides is 1. The molecule has 2 aromatic rings. The van der Waals surface area contributed by atoms with Crippen molar-refractivity contribution in [2.75, 3.05) is 18.7 Å². The fourth-order valence-electron chi connectivity index (χ4n) is 2.18. The molecule has 0 bridgehead atoms. The third kappa shape index (κ3) is 3.81. The molecule has 0 aliphatic carbocycles. The van der Waals surface area contributed by atoms with E-state index in [-0.39, 0.29) is 18.0 Å². The van der Waals surface area contributed by atoms with E-state index in [0.717, 1.165) is 5.56 Å². The monoisotopic (exact) mass is 381 g/mol. The highest BCUT2D eigenvalue weighted by atomic mass is 35.5. The Bertz CT molecular complexity index is 853. The van der Waals surface area contributed by atoms with Crippen LogP contribution in [0, 0.1) is 6.92 Å². The summed E-state index contributed by atoms with van der Waals surface area (Å²) in [5, 5.41) is 3.18. The van der Waals surface area contributed by atoms with Gasteiger partial charge >= 0.3 is 5.97 Å². The molecule has 1 heterocycles. The molecular formula is C17H13Cl2NO5. The summed E-state index contributed by atoms with van der Waals surface area (Å²) in [6.07, 6.45) is 0. The Balaban J connectivity index is 1.61. The molecule has 0 radical (unpaired) electrons. The molecule has 2 aromatic carbocycles. The number of rotatable bonds is 4. The number of benzene rings is 2. The lowest BCUT2D eigenvalue weighted by Crippen LogP contribution is -2.21. The van der Waals surface area contributed by atoms with E-state index >= 15 is 0 Å². The zero-order chi connectivity index (χ0) is 18.0. The van der Waals surface area contributed by atoms with Gasteiger partial charge in [0.15, 0.2) is 18.1 Å². The summed E-state index contributed by atoms with van der Waals surface area (Å²) in [5.74, 6) is -0.200. The predicted octanol–water partition coefficient (Wildman–Crippen LogP) is 3.83. The Morgan fingerprint density at radius 1 is 1.16 bits per heavy atom. The third-order valence-corrected chi connectivity index (χ3v) is 4.29. The van der Waals surface area contributed by atoms with Crippen LogP contribution in [0.5, 0.6) is 11.5 Å². The molecular weight excluding hydrogens is 369 g/mol. The minimum Gasteiger partial charge on any atom is -0.454 e. The van der Waals surface area contributed by atoms with Crippen LogP contribution in [0.2, 0.25) is 10.0 Å². The van der Waals surface area contributed by atoms with Crippen molar-refractivity contribution >= 4 is 40.8 Å². The summed E-state index contributed by atoms with van der Waals surface area (Å²) in [6.45, 7) is 1.41. The number of nitrogens with one attached hydrogen (secondary N) is 1. The van der Waals surface area contributed by atoms with Crippen LogP contribution in [0.15, 0.2) is 30.3 Å². The Kier molecular flexibility index (Phi) is 5.01.